The second kappa shape index (κ2) is 5.90. The Morgan fingerprint density at radius 1 is 1.42 bits per heavy atom. The van der Waals surface area contributed by atoms with Crippen LogP contribution in [0.3, 0.4) is 0 Å². The molecule has 0 unspecified atom stereocenters. The van der Waals surface area contributed by atoms with Crippen LogP contribution in [0.5, 0.6) is 11.5 Å². The lowest BCUT2D eigenvalue weighted by atomic mass is 10.2. The van der Waals surface area contributed by atoms with Crippen LogP contribution in [0.25, 0.3) is 0 Å². The fraction of sp³-hybridized carbons (Fsp3) is 0.333. The zero-order valence-corrected chi connectivity index (χ0v) is 11.4. The summed E-state index contributed by atoms with van der Waals surface area (Å²) in [6.07, 6.45) is 1.45. The van der Waals surface area contributed by atoms with Crippen molar-refractivity contribution >= 4 is 11.6 Å². The second-order valence-electron chi connectivity index (χ2n) is 3.84. The van der Waals surface area contributed by atoms with Crippen LogP contribution in [0.1, 0.15) is 11.4 Å². The number of aryl methyl sites for hydroxylation is 1. The largest absolute Gasteiger partial charge is 0.493 e. The van der Waals surface area contributed by atoms with E-state index >= 15 is 0 Å². The summed E-state index contributed by atoms with van der Waals surface area (Å²) in [5, 5.41) is 13.8. The highest BCUT2D eigenvalue weighted by Crippen LogP contribution is 2.35. The number of hydrogen-bond acceptors (Lipinski definition) is 5. The average Bonchev–Trinajstić information content (AvgIpc) is 2.81. The molecule has 0 saturated heterocycles. The molecule has 7 heteroatoms. The summed E-state index contributed by atoms with van der Waals surface area (Å²) in [4.78, 5) is 4.06. The number of halogens is 1. The number of rotatable bonds is 5. The zero-order valence-electron chi connectivity index (χ0n) is 10.6. The van der Waals surface area contributed by atoms with Gasteiger partial charge in [-0.1, -0.05) is 11.6 Å². The molecule has 0 aliphatic carbocycles. The predicted molar refractivity (Wildman–Crippen MR) is 69.3 cm³/mol. The van der Waals surface area contributed by atoms with Crippen molar-refractivity contribution in [2.75, 3.05) is 7.11 Å². The minimum Gasteiger partial charge on any atom is -0.493 e. The molecule has 2 aromatic rings. The Labute approximate surface area is 115 Å². The number of aromatic nitrogens is 3. The number of benzene rings is 1. The van der Waals surface area contributed by atoms with E-state index in [-0.39, 0.29) is 13.2 Å². The van der Waals surface area contributed by atoms with Crippen LogP contribution in [0.4, 0.5) is 0 Å². The fourth-order valence-corrected chi connectivity index (χ4v) is 1.87. The maximum absolute atomic E-state index is 9.35. The first-order valence-corrected chi connectivity index (χ1v) is 5.96. The molecule has 0 spiro atoms. The lowest BCUT2D eigenvalue weighted by molar-refractivity contribution is 0.243. The van der Waals surface area contributed by atoms with Crippen LogP contribution in [0, 0.1) is 0 Å². The quantitative estimate of drug-likeness (QED) is 0.901. The summed E-state index contributed by atoms with van der Waals surface area (Å²) in [6.45, 7) is 0.0343. The van der Waals surface area contributed by atoms with E-state index in [2.05, 4.69) is 10.1 Å². The third kappa shape index (κ3) is 2.97. The molecule has 0 amide bonds. The Balaban J connectivity index is 2.26. The molecule has 1 aromatic heterocycles. The van der Waals surface area contributed by atoms with Gasteiger partial charge in [-0.15, -0.1) is 0 Å². The summed E-state index contributed by atoms with van der Waals surface area (Å²) in [6, 6.07) is 3.27. The third-order valence-electron chi connectivity index (χ3n) is 2.64. The van der Waals surface area contributed by atoms with Gasteiger partial charge in [0.1, 0.15) is 12.9 Å². The number of ether oxygens (including phenoxy) is 2. The molecule has 0 radical (unpaired) electrons. The van der Waals surface area contributed by atoms with Crippen LogP contribution < -0.4 is 9.47 Å². The van der Waals surface area contributed by atoms with Gasteiger partial charge in [-0.2, -0.15) is 5.10 Å². The molecular weight excluding hydrogens is 270 g/mol. The molecule has 19 heavy (non-hydrogen) atoms. The van der Waals surface area contributed by atoms with Crippen molar-refractivity contribution < 1.29 is 14.6 Å². The summed E-state index contributed by atoms with van der Waals surface area (Å²) in [5.74, 6) is 1.59. The average molecular weight is 284 g/mol. The topological polar surface area (TPSA) is 69.4 Å². The molecule has 6 nitrogen and oxygen atoms in total. The number of aliphatic hydroxyl groups excluding tert-OH is 1. The fourth-order valence-electron chi connectivity index (χ4n) is 1.64. The normalized spacial score (nSPS) is 10.5. The summed E-state index contributed by atoms with van der Waals surface area (Å²) in [7, 11) is 3.29. The van der Waals surface area contributed by atoms with E-state index < -0.39 is 0 Å². The van der Waals surface area contributed by atoms with Crippen molar-refractivity contribution in [1.82, 2.24) is 14.8 Å². The van der Waals surface area contributed by atoms with Crippen LogP contribution in [-0.2, 0) is 20.3 Å². The minimum absolute atomic E-state index is 0.189. The number of methoxy groups -OCH3 is 1. The van der Waals surface area contributed by atoms with Crippen LogP contribution in [0.2, 0.25) is 5.02 Å². The Kier molecular flexibility index (Phi) is 4.24. The smallest absolute Gasteiger partial charge is 0.167 e. The van der Waals surface area contributed by atoms with Gasteiger partial charge in [0.05, 0.1) is 13.7 Å². The Hall–Kier alpha value is -1.79. The molecule has 2 rings (SSSR count). The van der Waals surface area contributed by atoms with Gasteiger partial charge in [0.2, 0.25) is 0 Å². The van der Waals surface area contributed by atoms with Gasteiger partial charge < -0.3 is 14.6 Å². The van der Waals surface area contributed by atoms with Crippen molar-refractivity contribution in [2.45, 2.75) is 13.2 Å². The van der Waals surface area contributed by atoms with Gasteiger partial charge in [-0.05, 0) is 6.07 Å². The highest BCUT2D eigenvalue weighted by atomic mass is 35.5. The number of nitrogens with zero attached hydrogens (tertiary/aromatic N) is 3. The van der Waals surface area contributed by atoms with Gasteiger partial charge in [-0.3, -0.25) is 4.68 Å². The van der Waals surface area contributed by atoms with E-state index in [4.69, 9.17) is 21.1 Å². The molecular formula is C12H14ClN3O3. The molecule has 1 aromatic carbocycles. The molecule has 0 bridgehead atoms. The van der Waals surface area contributed by atoms with Crippen LogP contribution in [-0.4, -0.2) is 27.0 Å². The van der Waals surface area contributed by atoms with E-state index in [9.17, 15) is 5.11 Å². The monoisotopic (exact) mass is 283 g/mol. The van der Waals surface area contributed by atoms with E-state index in [1.807, 2.05) is 0 Å². The Morgan fingerprint density at radius 2 is 2.21 bits per heavy atom. The van der Waals surface area contributed by atoms with Gasteiger partial charge in [0.15, 0.2) is 17.3 Å². The highest BCUT2D eigenvalue weighted by Gasteiger charge is 2.13. The number of aliphatic hydroxyl groups is 1. The van der Waals surface area contributed by atoms with Crippen LogP contribution >= 0.6 is 11.6 Å². The van der Waals surface area contributed by atoms with E-state index in [1.165, 1.54) is 13.4 Å². The maximum atomic E-state index is 9.35. The molecule has 1 heterocycles. The summed E-state index contributed by atoms with van der Waals surface area (Å²) in [5.41, 5.74) is 0.562. The Morgan fingerprint density at radius 3 is 2.79 bits per heavy atom. The minimum atomic E-state index is -0.189. The van der Waals surface area contributed by atoms with Gasteiger partial charge in [-0.25, -0.2) is 4.98 Å². The highest BCUT2D eigenvalue weighted by molar-refractivity contribution is 6.30. The van der Waals surface area contributed by atoms with Gasteiger partial charge in [0, 0.05) is 23.7 Å². The van der Waals surface area contributed by atoms with E-state index in [1.54, 1.807) is 23.9 Å². The molecule has 0 fully saturated rings. The van der Waals surface area contributed by atoms with Gasteiger partial charge >= 0.3 is 0 Å². The zero-order chi connectivity index (χ0) is 13.8. The molecule has 0 saturated carbocycles. The molecule has 0 atom stereocenters. The van der Waals surface area contributed by atoms with E-state index in [0.29, 0.717) is 27.9 Å². The first-order chi connectivity index (χ1) is 9.15. The van der Waals surface area contributed by atoms with Crippen molar-refractivity contribution in [2.24, 2.45) is 7.05 Å². The van der Waals surface area contributed by atoms with E-state index in [0.717, 1.165) is 0 Å². The van der Waals surface area contributed by atoms with Crippen molar-refractivity contribution in [3.63, 3.8) is 0 Å². The summed E-state index contributed by atoms with van der Waals surface area (Å²) < 4.78 is 12.5. The van der Waals surface area contributed by atoms with Gasteiger partial charge in [0.25, 0.3) is 0 Å². The molecule has 1 N–H and O–H groups in total. The van der Waals surface area contributed by atoms with Crippen LogP contribution in [0.15, 0.2) is 18.5 Å². The Bertz CT molecular complexity index is 546. The maximum Gasteiger partial charge on any atom is 0.167 e. The lowest BCUT2D eigenvalue weighted by Gasteiger charge is -2.14. The molecule has 0 aliphatic heterocycles. The summed E-state index contributed by atoms with van der Waals surface area (Å²) >= 11 is 5.93. The van der Waals surface area contributed by atoms with Crippen molar-refractivity contribution in [1.29, 1.82) is 0 Å². The third-order valence-corrected chi connectivity index (χ3v) is 2.86. The standard InChI is InChI=1S/C12H14ClN3O3/c1-16-11(14-7-15-16)6-19-12-8(5-17)3-9(13)4-10(12)18-2/h3-4,7,17H,5-6H2,1-2H3. The number of hydrogen-bond donors (Lipinski definition) is 1. The first kappa shape index (κ1) is 13.6. The predicted octanol–water partition coefficient (Wildman–Crippen LogP) is 1.55. The van der Waals surface area contributed by atoms with Crippen molar-refractivity contribution in [3.8, 4) is 11.5 Å². The lowest BCUT2D eigenvalue weighted by Crippen LogP contribution is -2.06. The molecule has 0 aliphatic rings. The second-order valence-corrected chi connectivity index (χ2v) is 4.28. The van der Waals surface area contributed by atoms with Crippen molar-refractivity contribution in [3.05, 3.63) is 34.9 Å². The SMILES string of the molecule is COc1cc(Cl)cc(CO)c1OCc1ncnn1C. The molecule has 102 valence electrons. The first-order valence-electron chi connectivity index (χ1n) is 5.58.